The topological polar surface area (TPSA) is 48.8 Å². The van der Waals surface area contributed by atoms with Crippen LogP contribution in [0.2, 0.25) is 0 Å². The lowest BCUT2D eigenvalue weighted by Gasteiger charge is -2.35. The summed E-state index contributed by atoms with van der Waals surface area (Å²) in [7, 11) is 0. The van der Waals surface area contributed by atoms with Gasteiger partial charge in [0, 0.05) is 19.6 Å². The van der Waals surface area contributed by atoms with Gasteiger partial charge in [-0.25, -0.2) is 9.37 Å². The number of imidazole rings is 1. The summed E-state index contributed by atoms with van der Waals surface area (Å²) < 4.78 is 32.8. The van der Waals surface area contributed by atoms with Crippen molar-refractivity contribution in [2.24, 2.45) is 0 Å². The number of benzene rings is 2. The lowest BCUT2D eigenvalue weighted by Crippen LogP contribution is -2.44. The van der Waals surface area contributed by atoms with Crippen LogP contribution in [-0.2, 0) is 24.4 Å². The number of fused-ring (bicyclic) bond motifs is 2. The Balaban J connectivity index is 1.20. The van der Waals surface area contributed by atoms with Crippen molar-refractivity contribution in [3.05, 3.63) is 65.9 Å². The molecule has 30 heavy (non-hydrogen) atoms. The molecule has 1 spiro atoms. The first-order valence-corrected chi connectivity index (χ1v) is 10.2. The van der Waals surface area contributed by atoms with E-state index in [4.69, 9.17) is 14.2 Å². The Bertz CT molecular complexity index is 1100. The Morgan fingerprint density at radius 2 is 1.90 bits per heavy atom. The average molecular weight is 407 g/mol. The summed E-state index contributed by atoms with van der Waals surface area (Å²) in [6.07, 6.45) is 2.84. The molecule has 0 bridgehead atoms. The molecule has 1 aromatic heterocycles. The first-order chi connectivity index (χ1) is 14.7. The molecule has 0 radical (unpaired) electrons. The lowest BCUT2D eigenvalue weighted by molar-refractivity contribution is -0.0821. The van der Waals surface area contributed by atoms with Crippen molar-refractivity contribution >= 4 is 0 Å². The highest BCUT2D eigenvalue weighted by Crippen LogP contribution is 2.37. The number of hydrogen-bond acceptors (Lipinski definition) is 5. The number of nitrogens with zero attached hydrogens (tertiary/aromatic N) is 3. The van der Waals surface area contributed by atoms with Crippen LogP contribution in [0.1, 0.15) is 17.8 Å². The van der Waals surface area contributed by atoms with E-state index >= 15 is 0 Å². The van der Waals surface area contributed by atoms with Gasteiger partial charge in [-0.1, -0.05) is 6.07 Å². The quantitative estimate of drug-likeness (QED) is 0.664. The van der Waals surface area contributed by atoms with Crippen LogP contribution in [-0.4, -0.2) is 39.9 Å². The third kappa shape index (κ3) is 3.05. The van der Waals surface area contributed by atoms with Gasteiger partial charge in [0.05, 0.1) is 18.4 Å². The van der Waals surface area contributed by atoms with E-state index in [2.05, 4.69) is 26.6 Å². The van der Waals surface area contributed by atoms with Crippen molar-refractivity contribution in [2.75, 3.05) is 19.9 Å². The SMILES string of the molecule is Fc1ccc(-c2cnc3n2CC2(CCN(Cc4ccc5c(c4)OCO5)C2)OC3)cc1. The zero-order valence-electron chi connectivity index (χ0n) is 16.5. The Hall–Kier alpha value is -2.90. The van der Waals surface area contributed by atoms with Gasteiger partial charge in [0.25, 0.3) is 0 Å². The van der Waals surface area contributed by atoms with Gasteiger partial charge in [0.15, 0.2) is 11.5 Å². The molecule has 1 saturated heterocycles. The maximum atomic E-state index is 13.3. The van der Waals surface area contributed by atoms with Crippen molar-refractivity contribution < 1.29 is 18.6 Å². The molecule has 154 valence electrons. The third-order valence-corrected chi connectivity index (χ3v) is 6.27. The minimum absolute atomic E-state index is 0.223. The number of rotatable bonds is 3. The third-order valence-electron chi connectivity index (χ3n) is 6.27. The number of aromatic nitrogens is 2. The Morgan fingerprint density at radius 1 is 1.03 bits per heavy atom. The van der Waals surface area contributed by atoms with Gasteiger partial charge in [-0.2, -0.15) is 0 Å². The molecule has 6 nitrogen and oxygen atoms in total. The van der Waals surface area contributed by atoms with Gasteiger partial charge < -0.3 is 18.8 Å². The molecule has 7 heteroatoms. The molecule has 3 aromatic rings. The molecule has 6 rings (SSSR count). The van der Waals surface area contributed by atoms with Gasteiger partial charge in [0.1, 0.15) is 23.8 Å². The van der Waals surface area contributed by atoms with E-state index in [1.807, 2.05) is 24.4 Å². The van der Waals surface area contributed by atoms with E-state index in [0.29, 0.717) is 13.4 Å². The van der Waals surface area contributed by atoms with Crippen molar-refractivity contribution in [2.45, 2.75) is 31.7 Å². The molecule has 2 aromatic carbocycles. The van der Waals surface area contributed by atoms with E-state index in [1.165, 1.54) is 17.7 Å². The van der Waals surface area contributed by atoms with E-state index in [-0.39, 0.29) is 11.4 Å². The molecule has 0 N–H and O–H groups in total. The fraction of sp³-hybridized carbons (Fsp3) is 0.348. The first-order valence-electron chi connectivity index (χ1n) is 10.2. The highest BCUT2D eigenvalue weighted by molar-refractivity contribution is 5.59. The van der Waals surface area contributed by atoms with Crippen LogP contribution in [0, 0.1) is 5.82 Å². The average Bonchev–Trinajstić information content (AvgIpc) is 3.47. The second-order valence-electron chi connectivity index (χ2n) is 8.27. The van der Waals surface area contributed by atoms with Gasteiger partial charge >= 0.3 is 0 Å². The minimum atomic E-state index is -0.230. The second-order valence-corrected chi connectivity index (χ2v) is 8.27. The molecule has 1 fully saturated rings. The molecule has 1 atom stereocenters. The molecule has 1 unspecified atom stereocenters. The number of ether oxygens (including phenoxy) is 3. The van der Waals surface area contributed by atoms with Crippen LogP contribution in [0.25, 0.3) is 11.3 Å². The maximum Gasteiger partial charge on any atom is 0.231 e. The summed E-state index contributed by atoms with van der Waals surface area (Å²) in [6, 6.07) is 12.7. The monoisotopic (exact) mass is 407 g/mol. The van der Waals surface area contributed by atoms with Gasteiger partial charge in [-0.3, -0.25) is 4.90 Å². The van der Waals surface area contributed by atoms with E-state index in [0.717, 1.165) is 61.2 Å². The summed E-state index contributed by atoms with van der Waals surface area (Å²) in [5, 5.41) is 0. The highest BCUT2D eigenvalue weighted by Gasteiger charge is 2.43. The van der Waals surface area contributed by atoms with Crippen molar-refractivity contribution in [3.63, 3.8) is 0 Å². The predicted octanol–water partition coefficient (Wildman–Crippen LogP) is 3.59. The highest BCUT2D eigenvalue weighted by atomic mass is 19.1. The molecule has 4 heterocycles. The Kier molecular flexibility index (Phi) is 4.07. The zero-order chi connectivity index (χ0) is 20.1. The molecule has 0 aliphatic carbocycles. The molecular weight excluding hydrogens is 385 g/mol. The normalized spacial score (nSPS) is 22.6. The summed E-state index contributed by atoms with van der Waals surface area (Å²) in [5.74, 6) is 2.33. The smallest absolute Gasteiger partial charge is 0.231 e. The van der Waals surface area contributed by atoms with Crippen LogP contribution < -0.4 is 9.47 Å². The van der Waals surface area contributed by atoms with Crippen molar-refractivity contribution in [1.82, 2.24) is 14.5 Å². The molecule has 3 aliphatic heterocycles. The minimum Gasteiger partial charge on any atom is -0.454 e. The summed E-state index contributed by atoms with van der Waals surface area (Å²) in [5.41, 5.74) is 2.98. The first kappa shape index (κ1) is 17.9. The molecule has 3 aliphatic rings. The van der Waals surface area contributed by atoms with Crippen LogP contribution in [0.3, 0.4) is 0 Å². The van der Waals surface area contributed by atoms with Gasteiger partial charge in [-0.15, -0.1) is 0 Å². The molecule has 0 saturated carbocycles. The molecule has 0 amide bonds. The number of likely N-dealkylation sites (tertiary alicyclic amines) is 1. The lowest BCUT2D eigenvalue weighted by atomic mass is 10.0. The fourth-order valence-electron chi connectivity index (χ4n) is 4.71. The standard InChI is InChI=1S/C23H22FN3O3/c24-18-4-2-17(3-5-18)19-10-25-22-12-30-23(14-27(19)22)7-8-26(13-23)11-16-1-6-20-21(9-16)29-15-28-20/h1-6,9-10H,7-8,11-15H2. The Labute approximate surface area is 173 Å². The van der Waals surface area contributed by atoms with Gasteiger partial charge in [-0.05, 0) is 53.9 Å². The van der Waals surface area contributed by atoms with Crippen LogP contribution in [0.5, 0.6) is 11.5 Å². The largest absolute Gasteiger partial charge is 0.454 e. The summed E-state index contributed by atoms with van der Waals surface area (Å²) in [6.45, 7) is 4.24. The van der Waals surface area contributed by atoms with E-state index < -0.39 is 0 Å². The van der Waals surface area contributed by atoms with Crippen LogP contribution >= 0.6 is 0 Å². The summed E-state index contributed by atoms with van der Waals surface area (Å²) >= 11 is 0. The fourth-order valence-corrected chi connectivity index (χ4v) is 4.71. The zero-order valence-corrected chi connectivity index (χ0v) is 16.5. The second kappa shape index (κ2) is 6.82. The van der Waals surface area contributed by atoms with Crippen molar-refractivity contribution in [3.8, 4) is 22.8 Å². The molecular formula is C23H22FN3O3. The van der Waals surface area contributed by atoms with Gasteiger partial charge in [0.2, 0.25) is 6.79 Å². The van der Waals surface area contributed by atoms with Crippen LogP contribution in [0.4, 0.5) is 4.39 Å². The summed E-state index contributed by atoms with van der Waals surface area (Å²) in [4.78, 5) is 6.96. The van der Waals surface area contributed by atoms with E-state index in [1.54, 1.807) is 0 Å². The van der Waals surface area contributed by atoms with Crippen LogP contribution in [0.15, 0.2) is 48.7 Å². The number of halogens is 1. The number of hydrogen-bond donors (Lipinski definition) is 0. The maximum absolute atomic E-state index is 13.3. The Morgan fingerprint density at radius 3 is 2.80 bits per heavy atom. The van der Waals surface area contributed by atoms with Crippen molar-refractivity contribution in [1.29, 1.82) is 0 Å². The van der Waals surface area contributed by atoms with E-state index in [9.17, 15) is 4.39 Å². The predicted molar refractivity (Wildman–Crippen MR) is 108 cm³/mol.